The van der Waals surface area contributed by atoms with Crippen LogP contribution in [0.1, 0.15) is 39.0 Å². The summed E-state index contributed by atoms with van der Waals surface area (Å²) in [6.45, 7) is 15.2. The Morgan fingerprint density at radius 1 is 0.978 bits per heavy atom. The fraction of sp³-hybridized carbons (Fsp3) is 0.613. The number of nitrogens with zero attached hydrogens (tertiary/aromatic N) is 1. The van der Waals surface area contributed by atoms with Crippen LogP contribution in [0.3, 0.4) is 0 Å². The highest BCUT2D eigenvalue weighted by Crippen LogP contribution is 2.33. The summed E-state index contributed by atoms with van der Waals surface area (Å²) in [6, 6.07) is 5.35. The van der Waals surface area contributed by atoms with Gasteiger partial charge in [-0.15, -0.1) is 0 Å². The van der Waals surface area contributed by atoms with Crippen LogP contribution in [0.15, 0.2) is 36.4 Å². The Bertz CT molecular complexity index is 1220. The van der Waals surface area contributed by atoms with Gasteiger partial charge in [0.15, 0.2) is 0 Å². The third-order valence-electron chi connectivity index (χ3n) is 7.41. The van der Waals surface area contributed by atoms with Crippen LogP contribution in [0.4, 0.5) is 10.5 Å². The van der Waals surface area contributed by atoms with Crippen LogP contribution in [-0.2, 0) is 28.6 Å². The lowest BCUT2D eigenvalue weighted by Crippen LogP contribution is -2.49. The van der Waals surface area contributed by atoms with Gasteiger partial charge in [0.05, 0.1) is 24.6 Å². The molecule has 0 spiro atoms. The Hall–Kier alpha value is -3.53. The minimum absolute atomic E-state index is 0.0893. The minimum Gasteiger partial charge on any atom is -0.466 e. The molecule has 1 N–H and O–H groups in total. The monoisotopic (exact) mass is 664 g/mol. The van der Waals surface area contributed by atoms with Crippen LogP contribution in [0, 0.1) is 15.5 Å². The molecule has 250 valence electrons. The maximum Gasteiger partial charge on any atom is 0.514 e. The van der Waals surface area contributed by atoms with Gasteiger partial charge in [0.25, 0.3) is 5.69 Å². The van der Waals surface area contributed by atoms with Gasteiger partial charge in [-0.3, -0.25) is 19.7 Å². The van der Waals surface area contributed by atoms with Crippen LogP contribution < -0.4 is 10.1 Å². The topological polar surface area (TPSA) is 160 Å². The molecular formula is C31H48N2O10Si2. The van der Waals surface area contributed by atoms with Gasteiger partial charge in [-0.1, -0.05) is 52.3 Å². The Morgan fingerprint density at radius 2 is 1.58 bits per heavy atom. The van der Waals surface area contributed by atoms with Gasteiger partial charge in [-0.05, 0) is 56.0 Å². The molecule has 2 rings (SSSR count). The molecule has 0 saturated carbocycles. The van der Waals surface area contributed by atoms with Crippen LogP contribution in [-0.4, -0.2) is 70.4 Å². The SMILES string of the molecule is C[C@@]1(C(=O)N[C@@H](CC(=O)OCC[Si](C)(C)C)C(=O)OCC[Si](C)(C)C)CC/C=C/[C@H](OC(=O)Oc2ccc([N+](=O)[O-])cc2)CC1. The number of hydrogen-bond donors (Lipinski definition) is 1. The van der Waals surface area contributed by atoms with Crippen LogP contribution in [0.2, 0.25) is 51.4 Å². The fourth-order valence-electron chi connectivity index (χ4n) is 4.32. The fourth-order valence-corrected chi connectivity index (χ4v) is 5.75. The molecule has 1 aliphatic rings. The molecule has 0 aliphatic heterocycles. The summed E-state index contributed by atoms with van der Waals surface area (Å²) in [4.78, 5) is 62.1. The lowest BCUT2D eigenvalue weighted by molar-refractivity contribution is -0.384. The van der Waals surface area contributed by atoms with Crippen molar-refractivity contribution in [3.8, 4) is 5.75 Å². The smallest absolute Gasteiger partial charge is 0.466 e. The summed E-state index contributed by atoms with van der Waals surface area (Å²) in [5.41, 5.74) is -1.08. The first kappa shape index (κ1) is 37.7. The highest BCUT2D eigenvalue weighted by molar-refractivity contribution is 6.76. The molecule has 45 heavy (non-hydrogen) atoms. The summed E-state index contributed by atoms with van der Waals surface area (Å²) >= 11 is 0. The number of carbonyl (C=O) groups is 4. The second-order valence-electron chi connectivity index (χ2n) is 14.1. The van der Waals surface area contributed by atoms with Crippen molar-refractivity contribution in [2.75, 3.05) is 13.2 Å². The number of esters is 2. The highest BCUT2D eigenvalue weighted by atomic mass is 28.3. The van der Waals surface area contributed by atoms with Crippen molar-refractivity contribution in [3.63, 3.8) is 0 Å². The zero-order valence-corrected chi connectivity index (χ0v) is 29.5. The van der Waals surface area contributed by atoms with E-state index in [0.717, 1.165) is 12.1 Å². The number of rotatable bonds is 14. The molecule has 14 heteroatoms. The average molecular weight is 665 g/mol. The molecule has 0 bridgehead atoms. The van der Waals surface area contributed by atoms with Crippen LogP contribution in [0.5, 0.6) is 5.75 Å². The highest BCUT2D eigenvalue weighted by Gasteiger charge is 2.38. The van der Waals surface area contributed by atoms with Crippen molar-refractivity contribution in [2.24, 2.45) is 5.41 Å². The summed E-state index contributed by atoms with van der Waals surface area (Å²) < 4.78 is 21.5. The summed E-state index contributed by atoms with van der Waals surface area (Å²) in [7, 11) is -2.92. The number of nitro benzene ring substituents is 1. The lowest BCUT2D eigenvalue weighted by Gasteiger charge is -2.32. The molecule has 0 radical (unpaired) electrons. The molecule has 1 aromatic rings. The number of carbonyl (C=O) groups excluding carboxylic acids is 4. The predicted molar refractivity (Wildman–Crippen MR) is 174 cm³/mol. The van der Waals surface area contributed by atoms with E-state index in [-0.39, 0.29) is 31.1 Å². The van der Waals surface area contributed by atoms with Gasteiger partial charge in [0.1, 0.15) is 17.9 Å². The average Bonchev–Trinajstić information content (AvgIpc) is 2.91. The van der Waals surface area contributed by atoms with E-state index in [9.17, 15) is 29.3 Å². The number of benzene rings is 1. The number of nitrogens with one attached hydrogen (secondary N) is 1. The first-order valence-corrected chi connectivity index (χ1v) is 22.7. The van der Waals surface area contributed by atoms with E-state index in [0.29, 0.717) is 25.7 Å². The summed E-state index contributed by atoms with van der Waals surface area (Å²) in [5.74, 6) is -1.57. The molecule has 1 amide bonds. The van der Waals surface area contributed by atoms with E-state index >= 15 is 0 Å². The van der Waals surface area contributed by atoms with Gasteiger partial charge in [-0.25, -0.2) is 9.59 Å². The second-order valence-corrected chi connectivity index (χ2v) is 25.3. The van der Waals surface area contributed by atoms with E-state index in [4.69, 9.17) is 18.9 Å². The minimum atomic E-state index is -1.48. The van der Waals surface area contributed by atoms with Crippen molar-refractivity contribution >= 4 is 45.8 Å². The van der Waals surface area contributed by atoms with Crippen molar-refractivity contribution in [1.29, 1.82) is 0 Å². The third-order valence-corrected chi connectivity index (χ3v) is 10.8. The Morgan fingerprint density at radius 3 is 2.16 bits per heavy atom. The molecule has 1 aromatic carbocycles. The van der Waals surface area contributed by atoms with Gasteiger partial charge in [-0.2, -0.15) is 0 Å². The maximum absolute atomic E-state index is 13.6. The molecule has 0 heterocycles. The van der Waals surface area contributed by atoms with Gasteiger partial charge in [0, 0.05) is 33.7 Å². The van der Waals surface area contributed by atoms with Crippen molar-refractivity contribution < 1.29 is 43.0 Å². The number of hydrogen-bond acceptors (Lipinski definition) is 10. The lowest BCUT2D eigenvalue weighted by atomic mass is 9.77. The Balaban J connectivity index is 2.04. The van der Waals surface area contributed by atoms with Gasteiger partial charge < -0.3 is 24.3 Å². The molecule has 0 fully saturated rings. The molecule has 0 unspecified atom stereocenters. The van der Waals surface area contributed by atoms with E-state index in [2.05, 4.69) is 44.6 Å². The third kappa shape index (κ3) is 14.4. The summed E-state index contributed by atoms with van der Waals surface area (Å²) in [5, 5.41) is 13.6. The molecule has 12 nitrogen and oxygen atoms in total. The maximum atomic E-state index is 13.6. The zero-order chi connectivity index (χ0) is 33.8. The van der Waals surface area contributed by atoms with E-state index in [1.54, 1.807) is 13.0 Å². The first-order valence-electron chi connectivity index (χ1n) is 15.3. The van der Waals surface area contributed by atoms with Crippen LogP contribution >= 0.6 is 0 Å². The van der Waals surface area contributed by atoms with E-state index < -0.39 is 62.6 Å². The quantitative estimate of drug-likeness (QED) is 0.0458. The Labute approximate surface area is 267 Å². The molecule has 0 aromatic heterocycles. The number of ether oxygens (including phenoxy) is 4. The number of nitro groups is 1. The standard InChI is InChI=1S/C31H48N2O10Si2/c1-31(16-9-8-10-24(15-17-31)42-30(37)43-25-13-11-23(12-14-25)33(38)39)29(36)32-26(28(35)41-19-21-45(5,6)7)22-27(34)40-18-20-44(2,3)4/h8,10-14,24,26H,9,15-22H2,1-7H3,(H,32,36)/b10-8+/t24-,26-,31+/m0/s1. The Kier molecular flexibility index (Phi) is 14.0. The normalized spacial score (nSPS) is 20.0. The number of amides is 1. The number of allylic oxidation sites excluding steroid dienone is 1. The predicted octanol–water partition coefficient (Wildman–Crippen LogP) is 6.25. The first-order chi connectivity index (χ1) is 20.9. The van der Waals surface area contributed by atoms with Crippen LogP contribution in [0.25, 0.3) is 0 Å². The molecule has 3 atom stereocenters. The number of non-ortho nitro benzene ring substituents is 1. The second kappa shape index (κ2) is 16.7. The molecule has 0 saturated heterocycles. The van der Waals surface area contributed by atoms with Crippen molar-refractivity contribution in [2.45, 2.75) is 103 Å². The summed E-state index contributed by atoms with van der Waals surface area (Å²) in [6.07, 6.45) is 3.11. The van der Waals surface area contributed by atoms with E-state index in [1.807, 2.05) is 6.08 Å². The van der Waals surface area contributed by atoms with Gasteiger partial charge in [0.2, 0.25) is 5.91 Å². The van der Waals surface area contributed by atoms with Crippen molar-refractivity contribution in [1.82, 2.24) is 5.32 Å². The van der Waals surface area contributed by atoms with E-state index in [1.165, 1.54) is 24.3 Å². The van der Waals surface area contributed by atoms with Crippen molar-refractivity contribution in [3.05, 3.63) is 46.5 Å². The largest absolute Gasteiger partial charge is 0.514 e. The van der Waals surface area contributed by atoms with Gasteiger partial charge >= 0.3 is 18.1 Å². The zero-order valence-electron chi connectivity index (χ0n) is 27.5. The molecule has 1 aliphatic carbocycles. The molecular weight excluding hydrogens is 617 g/mol.